The first kappa shape index (κ1) is 14.4. The van der Waals surface area contributed by atoms with Crippen LogP contribution in [0.15, 0.2) is 28.7 Å². The van der Waals surface area contributed by atoms with Crippen LogP contribution in [-0.2, 0) is 0 Å². The summed E-state index contributed by atoms with van der Waals surface area (Å²) in [5, 5.41) is 4.06. The molecule has 0 aliphatic carbocycles. The first-order chi connectivity index (χ1) is 8.51. The normalized spacial score (nSPS) is 12.7. The number of aryl methyl sites for hydroxylation is 1. The van der Waals surface area contributed by atoms with Crippen LogP contribution in [-0.4, -0.2) is 7.05 Å². The molecule has 0 amide bonds. The van der Waals surface area contributed by atoms with Crippen molar-refractivity contribution in [2.24, 2.45) is 0 Å². The van der Waals surface area contributed by atoms with Crippen molar-refractivity contribution in [3.63, 3.8) is 0 Å². The van der Waals surface area contributed by atoms with Gasteiger partial charge in [-0.05, 0) is 59.2 Å². The maximum atomic E-state index is 6.12. The zero-order valence-corrected chi connectivity index (χ0v) is 13.8. The summed E-state index contributed by atoms with van der Waals surface area (Å²) in [5.74, 6) is 0. The summed E-state index contributed by atoms with van der Waals surface area (Å²) in [4.78, 5) is 1.16. The molecule has 0 radical (unpaired) electrons. The lowest BCUT2D eigenvalue weighted by Crippen LogP contribution is -2.16. The molecule has 0 aliphatic rings. The van der Waals surface area contributed by atoms with Crippen LogP contribution in [0.2, 0.25) is 9.36 Å². The van der Waals surface area contributed by atoms with Crippen LogP contribution in [0.5, 0.6) is 0 Å². The second-order valence-electron chi connectivity index (χ2n) is 4.05. The molecule has 0 fully saturated rings. The largest absolute Gasteiger partial charge is 0.309 e. The molecule has 1 atom stereocenters. The van der Waals surface area contributed by atoms with Gasteiger partial charge < -0.3 is 5.32 Å². The topological polar surface area (TPSA) is 12.0 Å². The Bertz CT molecular complexity index is 528. The van der Waals surface area contributed by atoms with Gasteiger partial charge in [0.25, 0.3) is 0 Å². The van der Waals surface area contributed by atoms with Crippen LogP contribution >= 0.6 is 50.5 Å². The Morgan fingerprint density at radius 3 is 2.44 bits per heavy atom. The minimum Gasteiger partial charge on any atom is -0.309 e. The van der Waals surface area contributed by atoms with E-state index in [0.717, 1.165) is 29.8 Å². The number of benzene rings is 1. The lowest BCUT2D eigenvalue weighted by Gasteiger charge is -2.16. The van der Waals surface area contributed by atoms with Crippen LogP contribution in [0.4, 0.5) is 0 Å². The minimum atomic E-state index is 0.108. The molecule has 0 aliphatic heterocycles. The second-order valence-corrected chi connectivity index (χ2v) is 7.03. The predicted octanol–water partition coefficient (Wildman–Crippen LogP) is 5.43. The summed E-state index contributed by atoms with van der Waals surface area (Å²) in [6.45, 7) is 2.04. The van der Waals surface area contributed by atoms with Gasteiger partial charge in [0.15, 0.2) is 0 Å². The zero-order valence-electron chi connectivity index (χ0n) is 9.93. The zero-order chi connectivity index (χ0) is 13.3. The molecule has 18 heavy (non-hydrogen) atoms. The number of thiophene rings is 1. The van der Waals surface area contributed by atoms with E-state index in [9.17, 15) is 0 Å². The van der Waals surface area contributed by atoms with Gasteiger partial charge in [-0.1, -0.05) is 29.3 Å². The van der Waals surface area contributed by atoms with Crippen molar-refractivity contribution in [3.05, 3.63) is 54.1 Å². The van der Waals surface area contributed by atoms with Crippen LogP contribution in [0.1, 0.15) is 22.0 Å². The molecule has 1 aromatic carbocycles. The van der Waals surface area contributed by atoms with Crippen molar-refractivity contribution in [2.75, 3.05) is 7.05 Å². The van der Waals surface area contributed by atoms with Crippen molar-refractivity contribution >= 4 is 50.5 Å². The average molecular weight is 365 g/mol. The van der Waals surface area contributed by atoms with Gasteiger partial charge in [0.1, 0.15) is 4.34 Å². The van der Waals surface area contributed by atoms with Gasteiger partial charge in [0, 0.05) is 14.4 Å². The molecular formula is C13H12BrCl2NS. The van der Waals surface area contributed by atoms with Crippen molar-refractivity contribution in [3.8, 4) is 0 Å². The highest BCUT2D eigenvalue weighted by molar-refractivity contribution is 9.10. The standard InChI is InChI=1S/C13H12BrCl2NS/c1-7-3-8(5-9(15)4-7)12(17-2)11-6-10(14)13(16)18-11/h3-6,12,17H,1-2H3. The smallest absolute Gasteiger partial charge is 0.107 e. The van der Waals surface area contributed by atoms with Crippen molar-refractivity contribution in [1.29, 1.82) is 0 Å². The number of hydrogen-bond donors (Lipinski definition) is 1. The van der Waals surface area contributed by atoms with Crippen molar-refractivity contribution in [2.45, 2.75) is 13.0 Å². The molecular weight excluding hydrogens is 353 g/mol. The van der Waals surface area contributed by atoms with E-state index in [2.05, 4.69) is 27.3 Å². The van der Waals surface area contributed by atoms with E-state index in [1.54, 1.807) is 11.3 Å². The first-order valence-electron chi connectivity index (χ1n) is 5.40. The van der Waals surface area contributed by atoms with Gasteiger partial charge in [-0.3, -0.25) is 0 Å². The SMILES string of the molecule is CNC(c1cc(C)cc(Cl)c1)c1cc(Br)c(Cl)s1. The Kier molecular flexibility index (Phi) is 4.73. The molecule has 0 bridgehead atoms. The van der Waals surface area contributed by atoms with E-state index in [1.807, 2.05) is 32.2 Å². The summed E-state index contributed by atoms with van der Waals surface area (Å²) in [6.07, 6.45) is 0. The number of nitrogens with one attached hydrogen (secondary N) is 1. The lowest BCUT2D eigenvalue weighted by atomic mass is 10.0. The third-order valence-corrected chi connectivity index (χ3v) is 5.39. The Morgan fingerprint density at radius 1 is 1.22 bits per heavy atom. The van der Waals surface area contributed by atoms with E-state index < -0.39 is 0 Å². The maximum absolute atomic E-state index is 6.12. The summed E-state index contributed by atoms with van der Waals surface area (Å²) in [7, 11) is 1.93. The fourth-order valence-corrected chi connectivity index (χ4v) is 4.08. The molecule has 0 saturated heterocycles. The predicted molar refractivity (Wildman–Crippen MR) is 84.1 cm³/mol. The van der Waals surface area contributed by atoms with Crippen molar-refractivity contribution in [1.82, 2.24) is 5.32 Å². The Balaban J connectivity index is 2.44. The summed E-state index contributed by atoms with van der Waals surface area (Å²) in [5.41, 5.74) is 2.30. The van der Waals surface area contributed by atoms with E-state index in [-0.39, 0.29) is 6.04 Å². The number of halogens is 3. The molecule has 1 aromatic heterocycles. The molecule has 96 valence electrons. The van der Waals surface area contributed by atoms with Gasteiger partial charge in [-0.15, -0.1) is 11.3 Å². The Labute approximate surface area is 129 Å². The number of rotatable bonds is 3. The molecule has 0 saturated carbocycles. The molecule has 2 rings (SSSR count). The molecule has 1 unspecified atom stereocenters. The molecule has 1 heterocycles. The van der Waals surface area contributed by atoms with Crippen molar-refractivity contribution < 1.29 is 0 Å². The van der Waals surface area contributed by atoms with E-state index in [0.29, 0.717) is 0 Å². The fourth-order valence-electron chi connectivity index (χ4n) is 1.91. The van der Waals surface area contributed by atoms with Crippen LogP contribution in [0.25, 0.3) is 0 Å². The molecule has 0 spiro atoms. The highest BCUT2D eigenvalue weighted by Gasteiger charge is 2.17. The summed E-state index contributed by atoms with van der Waals surface area (Å²) < 4.78 is 1.70. The molecule has 5 heteroatoms. The van der Waals surface area contributed by atoms with Gasteiger partial charge in [0.2, 0.25) is 0 Å². The third-order valence-electron chi connectivity index (χ3n) is 2.64. The van der Waals surface area contributed by atoms with Crippen LogP contribution < -0.4 is 5.32 Å². The highest BCUT2D eigenvalue weighted by Crippen LogP contribution is 2.37. The quantitative estimate of drug-likeness (QED) is 0.765. The fraction of sp³-hybridized carbons (Fsp3) is 0.231. The highest BCUT2D eigenvalue weighted by atomic mass is 79.9. The van der Waals surface area contributed by atoms with Gasteiger partial charge in [-0.25, -0.2) is 0 Å². The third kappa shape index (κ3) is 3.09. The average Bonchev–Trinajstić information content (AvgIpc) is 2.58. The second kappa shape index (κ2) is 5.93. The van der Waals surface area contributed by atoms with E-state index >= 15 is 0 Å². The van der Waals surface area contributed by atoms with Gasteiger partial charge in [-0.2, -0.15) is 0 Å². The Hall–Kier alpha value is -0.0600. The summed E-state index contributed by atoms with van der Waals surface area (Å²) >= 11 is 17.2. The van der Waals surface area contributed by atoms with Gasteiger partial charge >= 0.3 is 0 Å². The van der Waals surface area contributed by atoms with E-state index in [4.69, 9.17) is 23.2 Å². The van der Waals surface area contributed by atoms with E-state index in [1.165, 1.54) is 0 Å². The molecule has 1 nitrogen and oxygen atoms in total. The minimum absolute atomic E-state index is 0.108. The monoisotopic (exact) mass is 363 g/mol. The first-order valence-corrected chi connectivity index (χ1v) is 7.77. The summed E-state index contributed by atoms with van der Waals surface area (Å²) in [6, 6.07) is 8.22. The van der Waals surface area contributed by atoms with Crippen LogP contribution in [0.3, 0.4) is 0 Å². The Morgan fingerprint density at radius 2 is 1.94 bits per heavy atom. The van der Waals surface area contributed by atoms with Gasteiger partial charge in [0.05, 0.1) is 6.04 Å². The maximum Gasteiger partial charge on any atom is 0.107 e. The number of hydrogen-bond acceptors (Lipinski definition) is 2. The molecule has 1 N–H and O–H groups in total. The van der Waals surface area contributed by atoms with Crippen LogP contribution in [0, 0.1) is 6.92 Å². The molecule has 2 aromatic rings. The lowest BCUT2D eigenvalue weighted by molar-refractivity contribution is 0.703.